The molecule has 0 spiro atoms. The van der Waals surface area contributed by atoms with Gasteiger partial charge in [-0.2, -0.15) is 0 Å². The fourth-order valence-electron chi connectivity index (χ4n) is 2.83. The van der Waals surface area contributed by atoms with Gasteiger partial charge in [-0.05, 0) is 5.56 Å². The number of likely N-dealkylation sites (N-methyl/N-ethyl adjacent to an activating group) is 1. The van der Waals surface area contributed by atoms with E-state index in [0.29, 0.717) is 12.5 Å². The van der Waals surface area contributed by atoms with Crippen molar-refractivity contribution in [3.05, 3.63) is 52.0 Å². The Labute approximate surface area is 157 Å². The Bertz CT molecular complexity index is 775. The summed E-state index contributed by atoms with van der Waals surface area (Å²) in [6.07, 6.45) is -0.448. The molecule has 1 aromatic heterocycles. The zero-order valence-corrected chi connectivity index (χ0v) is 16.0. The van der Waals surface area contributed by atoms with Gasteiger partial charge in [0.25, 0.3) is 0 Å². The highest BCUT2D eigenvalue weighted by Gasteiger charge is 2.35. The van der Waals surface area contributed by atoms with Gasteiger partial charge in [-0.25, -0.2) is 9.78 Å². The molecule has 1 fully saturated rings. The van der Waals surface area contributed by atoms with Crippen molar-refractivity contribution >= 4 is 23.3 Å². The summed E-state index contributed by atoms with van der Waals surface area (Å²) in [5.74, 6) is 0.240. The quantitative estimate of drug-likeness (QED) is 0.778. The third-order valence-electron chi connectivity index (χ3n) is 4.35. The summed E-state index contributed by atoms with van der Waals surface area (Å²) < 4.78 is 5.17. The van der Waals surface area contributed by atoms with E-state index < -0.39 is 6.09 Å². The highest BCUT2D eigenvalue weighted by atomic mass is 32.1. The molecule has 1 aliphatic rings. The van der Waals surface area contributed by atoms with Crippen LogP contribution < -0.4 is 0 Å². The maximum atomic E-state index is 12.6. The van der Waals surface area contributed by atoms with E-state index in [-0.39, 0.29) is 25.1 Å². The molecule has 2 amide bonds. The lowest BCUT2D eigenvalue weighted by atomic mass is 10.1. The Kier molecular flexibility index (Phi) is 5.56. The number of thiazole rings is 1. The predicted octanol–water partition coefficient (Wildman–Crippen LogP) is 3.42. The molecule has 1 saturated heterocycles. The molecule has 0 aliphatic carbocycles. The van der Waals surface area contributed by atoms with Gasteiger partial charge in [0.05, 0.1) is 23.3 Å². The molecular formula is C19H23N3O3S. The average Bonchev–Trinajstić information content (AvgIpc) is 3.23. The predicted molar refractivity (Wildman–Crippen MR) is 99.9 cm³/mol. The molecule has 1 unspecified atom stereocenters. The smallest absolute Gasteiger partial charge is 0.410 e. The third-order valence-corrected chi connectivity index (χ3v) is 5.55. The first-order valence-corrected chi connectivity index (χ1v) is 9.50. The first kappa shape index (κ1) is 18.4. The average molecular weight is 373 g/mol. The zero-order chi connectivity index (χ0) is 18.7. The van der Waals surface area contributed by atoms with Crippen LogP contribution in [-0.4, -0.2) is 47.0 Å². The van der Waals surface area contributed by atoms with Gasteiger partial charge in [-0.1, -0.05) is 44.2 Å². The fourth-order valence-corrected chi connectivity index (χ4v) is 3.66. The summed E-state index contributed by atoms with van der Waals surface area (Å²) in [6, 6.07) is 9.40. The monoisotopic (exact) mass is 373 g/mol. The van der Waals surface area contributed by atoms with Crippen molar-refractivity contribution < 1.29 is 14.3 Å². The van der Waals surface area contributed by atoms with Crippen LogP contribution >= 0.6 is 11.3 Å². The lowest BCUT2D eigenvalue weighted by molar-refractivity contribution is -0.131. The Morgan fingerprint density at radius 2 is 2.12 bits per heavy atom. The van der Waals surface area contributed by atoms with Gasteiger partial charge < -0.3 is 9.64 Å². The first-order chi connectivity index (χ1) is 12.5. The van der Waals surface area contributed by atoms with Crippen molar-refractivity contribution in [2.24, 2.45) is 0 Å². The molecule has 0 saturated carbocycles. The SMILES string of the molecule is CC(C)c1nc(CN(C)C(=O)CN2C(=O)OCC2c2ccccc2)cs1. The van der Waals surface area contributed by atoms with E-state index >= 15 is 0 Å². The molecule has 7 heteroatoms. The van der Waals surface area contributed by atoms with Crippen molar-refractivity contribution in [1.29, 1.82) is 0 Å². The summed E-state index contributed by atoms with van der Waals surface area (Å²) in [6.45, 7) is 4.89. The highest BCUT2D eigenvalue weighted by molar-refractivity contribution is 7.09. The van der Waals surface area contributed by atoms with E-state index in [2.05, 4.69) is 18.8 Å². The van der Waals surface area contributed by atoms with Gasteiger partial charge in [0.1, 0.15) is 13.2 Å². The normalized spacial score (nSPS) is 16.8. The van der Waals surface area contributed by atoms with E-state index in [1.165, 1.54) is 4.90 Å². The van der Waals surface area contributed by atoms with Crippen molar-refractivity contribution in [2.45, 2.75) is 32.4 Å². The lowest BCUT2D eigenvalue weighted by Gasteiger charge is -2.24. The summed E-state index contributed by atoms with van der Waals surface area (Å²) >= 11 is 1.61. The van der Waals surface area contributed by atoms with Crippen LogP contribution in [0.15, 0.2) is 35.7 Å². The summed E-state index contributed by atoms with van der Waals surface area (Å²) in [7, 11) is 1.73. The molecule has 0 radical (unpaired) electrons. The fraction of sp³-hybridized carbons (Fsp3) is 0.421. The summed E-state index contributed by atoms with van der Waals surface area (Å²) in [4.78, 5) is 32.4. The minimum atomic E-state index is -0.448. The van der Waals surface area contributed by atoms with Gasteiger partial charge in [0.15, 0.2) is 0 Å². The third kappa shape index (κ3) is 4.04. The number of cyclic esters (lactones) is 1. The van der Waals surface area contributed by atoms with Gasteiger partial charge in [-0.3, -0.25) is 9.69 Å². The van der Waals surface area contributed by atoms with Crippen molar-refractivity contribution in [3.8, 4) is 0 Å². The number of benzene rings is 1. The van der Waals surface area contributed by atoms with Gasteiger partial charge in [0, 0.05) is 18.3 Å². The number of carbonyl (C=O) groups excluding carboxylic acids is 2. The number of aromatic nitrogens is 1. The van der Waals surface area contributed by atoms with Crippen LogP contribution in [0.2, 0.25) is 0 Å². The molecule has 0 N–H and O–H groups in total. The first-order valence-electron chi connectivity index (χ1n) is 8.62. The second-order valence-corrected chi connectivity index (χ2v) is 7.60. The molecule has 1 aliphatic heterocycles. The number of rotatable bonds is 6. The van der Waals surface area contributed by atoms with Crippen LogP contribution in [0, 0.1) is 0 Å². The number of amides is 2. The topological polar surface area (TPSA) is 62.7 Å². The van der Waals surface area contributed by atoms with Crippen LogP contribution in [0.3, 0.4) is 0 Å². The van der Waals surface area contributed by atoms with Gasteiger partial charge >= 0.3 is 6.09 Å². The van der Waals surface area contributed by atoms with E-state index in [1.807, 2.05) is 35.7 Å². The molecule has 3 rings (SSSR count). The Hall–Kier alpha value is -2.41. The Balaban J connectivity index is 1.64. The second-order valence-electron chi connectivity index (χ2n) is 6.71. The molecule has 6 nitrogen and oxygen atoms in total. The number of nitrogens with zero attached hydrogens (tertiary/aromatic N) is 3. The summed E-state index contributed by atoms with van der Waals surface area (Å²) in [5.41, 5.74) is 1.84. The number of hydrogen-bond donors (Lipinski definition) is 0. The van der Waals surface area contributed by atoms with E-state index in [1.54, 1.807) is 23.3 Å². The standard InChI is InChI=1S/C19H23N3O3S/c1-13(2)18-20-15(12-26-18)9-21(3)17(23)10-22-16(11-25-19(22)24)14-7-5-4-6-8-14/h4-8,12-13,16H,9-11H2,1-3H3. The van der Waals surface area contributed by atoms with Crippen LogP contribution in [-0.2, 0) is 16.1 Å². The van der Waals surface area contributed by atoms with Crippen LogP contribution in [0.4, 0.5) is 4.79 Å². The maximum Gasteiger partial charge on any atom is 0.410 e. The van der Waals surface area contributed by atoms with E-state index in [9.17, 15) is 9.59 Å². The van der Waals surface area contributed by atoms with Crippen LogP contribution in [0.5, 0.6) is 0 Å². The van der Waals surface area contributed by atoms with E-state index in [4.69, 9.17) is 4.74 Å². The lowest BCUT2D eigenvalue weighted by Crippen LogP contribution is -2.39. The Morgan fingerprint density at radius 1 is 1.38 bits per heavy atom. The molecule has 26 heavy (non-hydrogen) atoms. The van der Waals surface area contributed by atoms with Crippen molar-refractivity contribution in [2.75, 3.05) is 20.2 Å². The molecular weight excluding hydrogens is 350 g/mol. The van der Waals surface area contributed by atoms with E-state index in [0.717, 1.165) is 16.3 Å². The zero-order valence-electron chi connectivity index (χ0n) is 15.2. The minimum Gasteiger partial charge on any atom is -0.447 e. The van der Waals surface area contributed by atoms with Crippen LogP contribution in [0.1, 0.15) is 42.1 Å². The Morgan fingerprint density at radius 3 is 2.77 bits per heavy atom. The minimum absolute atomic E-state index is 0.00390. The van der Waals surface area contributed by atoms with Gasteiger partial charge in [0.2, 0.25) is 5.91 Å². The van der Waals surface area contributed by atoms with Crippen molar-refractivity contribution in [1.82, 2.24) is 14.8 Å². The molecule has 1 aromatic carbocycles. The molecule has 2 heterocycles. The molecule has 138 valence electrons. The number of hydrogen-bond acceptors (Lipinski definition) is 5. The van der Waals surface area contributed by atoms with Crippen LogP contribution in [0.25, 0.3) is 0 Å². The summed E-state index contributed by atoms with van der Waals surface area (Å²) in [5, 5.41) is 3.05. The molecule has 0 bridgehead atoms. The van der Waals surface area contributed by atoms with Crippen molar-refractivity contribution in [3.63, 3.8) is 0 Å². The number of ether oxygens (including phenoxy) is 1. The number of carbonyl (C=O) groups is 2. The molecule has 1 atom stereocenters. The second kappa shape index (κ2) is 7.86. The van der Waals surface area contributed by atoms with Gasteiger partial charge in [-0.15, -0.1) is 11.3 Å². The largest absolute Gasteiger partial charge is 0.447 e. The highest BCUT2D eigenvalue weighted by Crippen LogP contribution is 2.27. The molecule has 2 aromatic rings. The maximum absolute atomic E-state index is 12.6.